The third-order valence-electron chi connectivity index (χ3n) is 3.35. The maximum absolute atomic E-state index is 10.2. The van der Waals surface area contributed by atoms with E-state index < -0.39 is 0 Å². The lowest BCUT2D eigenvalue weighted by Gasteiger charge is -2.00. The minimum Gasteiger partial charge on any atom is -0.492 e. The second-order valence-electron chi connectivity index (χ2n) is 4.80. The highest BCUT2D eigenvalue weighted by Gasteiger charge is 2.13. The number of hydrogen-bond acceptors (Lipinski definition) is 5. The van der Waals surface area contributed by atoms with E-state index in [0.717, 1.165) is 21.5 Å². The number of hydrogen-bond donors (Lipinski definition) is 1. The van der Waals surface area contributed by atoms with Crippen molar-refractivity contribution in [2.24, 2.45) is 0 Å². The van der Waals surface area contributed by atoms with Gasteiger partial charge in [0.25, 0.3) is 0 Å². The number of rotatable bonds is 2. The summed E-state index contributed by atoms with van der Waals surface area (Å²) < 4.78 is 0.705. The number of fused-ring (bicyclic) bond motifs is 1. The molecule has 0 spiro atoms. The van der Waals surface area contributed by atoms with Gasteiger partial charge in [-0.15, -0.1) is 11.3 Å². The van der Waals surface area contributed by atoms with E-state index in [4.69, 9.17) is 0 Å². The number of benzene rings is 1. The minimum atomic E-state index is 0.0176. The summed E-state index contributed by atoms with van der Waals surface area (Å²) in [5.74, 6) is 0.522. The molecule has 0 aliphatic carbocycles. The first-order valence-electron chi connectivity index (χ1n) is 6.77. The van der Waals surface area contributed by atoms with E-state index in [-0.39, 0.29) is 5.88 Å². The summed E-state index contributed by atoms with van der Waals surface area (Å²) in [6.07, 6.45) is 3.37. The van der Waals surface area contributed by atoms with Crippen LogP contribution in [0.3, 0.4) is 0 Å². The smallest absolute Gasteiger partial charge is 0.232 e. The summed E-state index contributed by atoms with van der Waals surface area (Å²) in [6.45, 7) is 0. The van der Waals surface area contributed by atoms with Gasteiger partial charge in [-0.05, 0) is 23.8 Å². The van der Waals surface area contributed by atoms with Gasteiger partial charge < -0.3 is 5.11 Å². The van der Waals surface area contributed by atoms with Crippen LogP contribution < -0.4 is 0 Å². The van der Waals surface area contributed by atoms with Crippen LogP contribution in [0.25, 0.3) is 32.0 Å². The van der Waals surface area contributed by atoms with Gasteiger partial charge in [0.15, 0.2) is 5.82 Å². The van der Waals surface area contributed by atoms with Gasteiger partial charge >= 0.3 is 0 Å². The molecule has 106 valence electrons. The van der Waals surface area contributed by atoms with Crippen molar-refractivity contribution in [2.75, 3.05) is 0 Å². The van der Waals surface area contributed by atoms with E-state index in [2.05, 4.69) is 15.0 Å². The topological polar surface area (TPSA) is 58.9 Å². The fourth-order valence-corrected chi connectivity index (χ4v) is 3.28. The first-order valence-corrected chi connectivity index (χ1v) is 7.59. The molecule has 4 nitrogen and oxygen atoms in total. The summed E-state index contributed by atoms with van der Waals surface area (Å²) in [4.78, 5) is 13.8. The molecule has 0 saturated heterocycles. The predicted octanol–water partition coefficient (Wildman–Crippen LogP) is 4.13. The van der Waals surface area contributed by atoms with Crippen molar-refractivity contribution in [1.82, 2.24) is 15.0 Å². The molecule has 1 N–H and O–H groups in total. The molecule has 0 aliphatic rings. The summed E-state index contributed by atoms with van der Waals surface area (Å²) >= 11 is 1.49. The van der Waals surface area contributed by atoms with Crippen LogP contribution in [-0.4, -0.2) is 20.1 Å². The van der Waals surface area contributed by atoms with E-state index >= 15 is 0 Å². The van der Waals surface area contributed by atoms with Gasteiger partial charge in [0.2, 0.25) is 5.88 Å². The molecular formula is C17H11N3OS. The number of pyridine rings is 1. The Labute approximate surface area is 130 Å². The van der Waals surface area contributed by atoms with Crippen LogP contribution in [0, 0.1) is 0 Å². The Bertz CT molecular complexity index is 936. The molecule has 3 heterocycles. The fourth-order valence-electron chi connectivity index (χ4n) is 2.29. The molecule has 4 rings (SSSR count). The van der Waals surface area contributed by atoms with Crippen molar-refractivity contribution in [3.8, 4) is 27.7 Å². The van der Waals surface area contributed by atoms with Gasteiger partial charge in [-0.1, -0.05) is 30.3 Å². The van der Waals surface area contributed by atoms with Crippen molar-refractivity contribution in [3.63, 3.8) is 0 Å². The van der Waals surface area contributed by atoms with Crippen LogP contribution in [0.15, 0.2) is 60.9 Å². The fraction of sp³-hybridized carbons (Fsp3) is 0. The first kappa shape index (κ1) is 12.9. The number of nitrogens with zero attached hydrogens (tertiary/aromatic N) is 3. The normalized spacial score (nSPS) is 10.9. The number of aromatic hydroxyl groups is 1. The zero-order chi connectivity index (χ0) is 14.9. The highest BCUT2D eigenvalue weighted by molar-refractivity contribution is 7.22. The Balaban J connectivity index is 1.88. The molecular weight excluding hydrogens is 294 g/mol. The van der Waals surface area contributed by atoms with Gasteiger partial charge in [0, 0.05) is 22.8 Å². The third kappa shape index (κ3) is 2.21. The molecule has 0 atom stereocenters. The van der Waals surface area contributed by atoms with Crippen LogP contribution in [-0.2, 0) is 0 Å². The summed E-state index contributed by atoms with van der Waals surface area (Å²) in [6, 6.07) is 15.7. The van der Waals surface area contributed by atoms with Crippen LogP contribution in [0.5, 0.6) is 5.88 Å². The molecule has 0 fully saturated rings. The summed E-state index contributed by atoms with van der Waals surface area (Å²) in [5, 5.41) is 10.2. The van der Waals surface area contributed by atoms with Crippen molar-refractivity contribution in [3.05, 3.63) is 60.9 Å². The first-order chi connectivity index (χ1) is 10.8. The molecule has 4 aromatic rings. The van der Waals surface area contributed by atoms with Crippen LogP contribution in [0.2, 0.25) is 0 Å². The Morgan fingerprint density at radius 2 is 1.64 bits per heavy atom. The Morgan fingerprint density at radius 3 is 2.41 bits per heavy atom. The van der Waals surface area contributed by atoms with Gasteiger partial charge in [0.1, 0.15) is 4.70 Å². The zero-order valence-corrected chi connectivity index (χ0v) is 12.3. The lowest BCUT2D eigenvalue weighted by Crippen LogP contribution is -1.89. The lowest BCUT2D eigenvalue weighted by atomic mass is 10.2. The highest BCUT2D eigenvalue weighted by atomic mass is 32.1. The molecule has 3 aromatic heterocycles. The Morgan fingerprint density at radius 1 is 0.864 bits per heavy atom. The second kappa shape index (κ2) is 5.20. The van der Waals surface area contributed by atoms with Gasteiger partial charge in [-0.3, -0.25) is 4.98 Å². The molecule has 0 aliphatic heterocycles. The molecule has 0 bridgehead atoms. The van der Waals surface area contributed by atoms with Crippen molar-refractivity contribution in [1.29, 1.82) is 0 Å². The quantitative estimate of drug-likeness (QED) is 0.605. The summed E-state index contributed by atoms with van der Waals surface area (Å²) in [5.41, 5.74) is 2.69. The second-order valence-corrected chi connectivity index (χ2v) is 5.85. The van der Waals surface area contributed by atoms with Gasteiger partial charge in [0.05, 0.1) is 5.52 Å². The molecule has 22 heavy (non-hydrogen) atoms. The highest BCUT2D eigenvalue weighted by Crippen LogP contribution is 2.37. The lowest BCUT2D eigenvalue weighted by molar-refractivity contribution is 0.461. The average molecular weight is 305 g/mol. The standard InChI is InChI=1S/C17H11N3OS/c21-17-15-13(10-14(22-15)11-4-2-1-3-5-11)19-16(20-17)12-6-8-18-9-7-12/h1-10H,(H,19,20,21). The van der Waals surface area contributed by atoms with Gasteiger partial charge in [-0.25, -0.2) is 4.98 Å². The Kier molecular flexibility index (Phi) is 3.05. The van der Waals surface area contributed by atoms with Crippen molar-refractivity contribution in [2.45, 2.75) is 0 Å². The minimum absolute atomic E-state index is 0.0176. The molecule has 0 saturated carbocycles. The molecule has 0 unspecified atom stereocenters. The van der Waals surface area contributed by atoms with Crippen LogP contribution in [0.1, 0.15) is 0 Å². The molecule has 5 heteroatoms. The van der Waals surface area contributed by atoms with Crippen molar-refractivity contribution < 1.29 is 5.11 Å². The summed E-state index contributed by atoms with van der Waals surface area (Å²) in [7, 11) is 0. The SMILES string of the molecule is Oc1nc(-c2ccncc2)nc2cc(-c3ccccc3)sc12. The monoisotopic (exact) mass is 305 g/mol. The molecule has 0 amide bonds. The number of aromatic nitrogens is 3. The van der Waals surface area contributed by atoms with E-state index in [1.807, 2.05) is 48.5 Å². The Hall–Kier alpha value is -2.79. The van der Waals surface area contributed by atoms with Crippen LogP contribution in [0.4, 0.5) is 0 Å². The van der Waals surface area contributed by atoms with E-state index in [1.54, 1.807) is 12.4 Å². The van der Waals surface area contributed by atoms with E-state index in [0.29, 0.717) is 10.5 Å². The van der Waals surface area contributed by atoms with Gasteiger partial charge in [-0.2, -0.15) is 4.98 Å². The van der Waals surface area contributed by atoms with Crippen LogP contribution >= 0.6 is 11.3 Å². The molecule has 0 radical (unpaired) electrons. The van der Waals surface area contributed by atoms with E-state index in [9.17, 15) is 5.11 Å². The number of thiophene rings is 1. The predicted molar refractivity (Wildman–Crippen MR) is 87.7 cm³/mol. The third-order valence-corrected chi connectivity index (χ3v) is 4.52. The van der Waals surface area contributed by atoms with Crippen molar-refractivity contribution >= 4 is 21.6 Å². The maximum atomic E-state index is 10.2. The van der Waals surface area contributed by atoms with E-state index in [1.165, 1.54) is 11.3 Å². The molecule has 1 aromatic carbocycles. The largest absolute Gasteiger partial charge is 0.492 e. The zero-order valence-electron chi connectivity index (χ0n) is 11.5. The maximum Gasteiger partial charge on any atom is 0.232 e. The average Bonchev–Trinajstić information content (AvgIpc) is 3.01.